The third-order valence-electron chi connectivity index (χ3n) is 4.02. The van der Waals surface area contributed by atoms with Crippen LogP contribution in [-0.2, 0) is 6.42 Å². The number of halogens is 2. The Hall–Kier alpha value is -0.960. The molecule has 0 aromatic heterocycles. The number of nitrogens with one attached hydrogen (secondary N) is 1. The molecular weight excluding hydrogens is 244 g/mol. The van der Waals surface area contributed by atoms with E-state index in [0.29, 0.717) is 12.0 Å². The van der Waals surface area contributed by atoms with Crippen molar-refractivity contribution in [2.24, 2.45) is 5.41 Å². The minimum absolute atomic E-state index is 0.00377. The Morgan fingerprint density at radius 1 is 1.11 bits per heavy atom. The zero-order chi connectivity index (χ0) is 14.3. The first-order valence-corrected chi connectivity index (χ1v) is 7.22. The van der Waals surface area contributed by atoms with Crippen LogP contribution in [-0.4, -0.2) is 13.1 Å². The van der Waals surface area contributed by atoms with Gasteiger partial charge < -0.3 is 5.32 Å². The molecule has 19 heavy (non-hydrogen) atoms. The van der Waals surface area contributed by atoms with Gasteiger partial charge in [-0.1, -0.05) is 32.9 Å². The molecule has 1 N–H and O–H groups in total. The lowest BCUT2D eigenvalue weighted by Crippen LogP contribution is -2.36. The number of hydrogen-bond donors (Lipinski definition) is 1. The second-order valence-corrected chi connectivity index (χ2v) is 5.27. The zero-order valence-electron chi connectivity index (χ0n) is 12.2. The van der Waals surface area contributed by atoms with Gasteiger partial charge in [0.05, 0.1) is 0 Å². The van der Waals surface area contributed by atoms with E-state index in [-0.39, 0.29) is 5.41 Å². The quantitative estimate of drug-likeness (QED) is 0.693. The molecule has 0 unspecified atom stereocenters. The van der Waals surface area contributed by atoms with E-state index in [1.165, 1.54) is 6.07 Å². The second-order valence-electron chi connectivity index (χ2n) is 5.27. The molecule has 0 saturated carbocycles. The topological polar surface area (TPSA) is 12.0 Å². The Kier molecular flexibility index (Phi) is 6.43. The molecule has 1 aromatic rings. The normalized spacial score (nSPS) is 11.8. The summed E-state index contributed by atoms with van der Waals surface area (Å²) >= 11 is 0. The monoisotopic (exact) mass is 269 g/mol. The summed E-state index contributed by atoms with van der Waals surface area (Å²) in [6, 6.07) is 4.45. The summed E-state index contributed by atoms with van der Waals surface area (Å²) in [5, 5.41) is 3.42. The van der Waals surface area contributed by atoms with Crippen molar-refractivity contribution in [3.63, 3.8) is 0 Å². The highest BCUT2D eigenvalue weighted by atomic mass is 19.2. The molecule has 0 amide bonds. The van der Waals surface area contributed by atoms with Gasteiger partial charge >= 0.3 is 0 Å². The maximum absolute atomic E-state index is 13.8. The lowest BCUT2D eigenvalue weighted by molar-refractivity contribution is 0.243. The molecule has 108 valence electrons. The van der Waals surface area contributed by atoms with Crippen molar-refractivity contribution in [2.75, 3.05) is 13.1 Å². The molecule has 1 rings (SSSR count). The molecule has 0 saturated heterocycles. The second kappa shape index (κ2) is 7.59. The minimum atomic E-state index is -0.750. The molecule has 0 bridgehead atoms. The maximum atomic E-state index is 13.8. The first-order valence-electron chi connectivity index (χ1n) is 7.22. The fourth-order valence-electron chi connectivity index (χ4n) is 2.43. The molecule has 0 fully saturated rings. The van der Waals surface area contributed by atoms with E-state index in [2.05, 4.69) is 26.1 Å². The van der Waals surface area contributed by atoms with Crippen LogP contribution >= 0.6 is 0 Å². The summed E-state index contributed by atoms with van der Waals surface area (Å²) in [4.78, 5) is 0. The zero-order valence-corrected chi connectivity index (χ0v) is 12.2. The van der Waals surface area contributed by atoms with E-state index in [0.717, 1.165) is 32.4 Å². The van der Waals surface area contributed by atoms with Gasteiger partial charge in [-0.15, -0.1) is 0 Å². The predicted molar refractivity (Wildman–Crippen MR) is 76.2 cm³/mol. The van der Waals surface area contributed by atoms with Crippen LogP contribution < -0.4 is 5.32 Å². The van der Waals surface area contributed by atoms with Crippen LogP contribution in [0, 0.1) is 17.0 Å². The average Bonchev–Trinajstić information content (AvgIpc) is 2.43. The molecule has 0 radical (unpaired) electrons. The molecular formula is C16H25F2N. The average molecular weight is 269 g/mol. The Bertz CT molecular complexity index is 386. The lowest BCUT2D eigenvalue weighted by atomic mass is 9.76. The van der Waals surface area contributed by atoms with Crippen molar-refractivity contribution < 1.29 is 8.78 Å². The van der Waals surface area contributed by atoms with Gasteiger partial charge in [0.2, 0.25) is 0 Å². The van der Waals surface area contributed by atoms with E-state index in [4.69, 9.17) is 0 Å². The van der Waals surface area contributed by atoms with Gasteiger partial charge in [-0.2, -0.15) is 0 Å². The van der Waals surface area contributed by atoms with Gasteiger partial charge in [-0.05, 0) is 49.3 Å². The van der Waals surface area contributed by atoms with Crippen molar-refractivity contribution >= 4 is 0 Å². The van der Waals surface area contributed by atoms with Gasteiger partial charge in [-0.25, -0.2) is 8.78 Å². The van der Waals surface area contributed by atoms with Crippen LogP contribution in [0.5, 0.6) is 0 Å². The van der Waals surface area contributed by atoms with Crippen LogP contribution in [0.15, 0.2) is 18.2 Å². The van der Waals surface area contributed by atoms with E-state index in [1.54, 1.807) is 12.1 Å². The fourth-order valence-corrected chi connectivity index (χ4v) is 2.43. The van der Waals surface area contributed by atoms with E-state index < -0.39 is 11.6 Å². The summed E-state index contributed by atoms with van der Waals surface area (Å²) in [6.45, 7) is 8.18. The van der Waals surface area contributed by atoms with Crippen LogP contribution in [0.1, 0.15) is 45.6 Å². The molecule has 1 aromatic carbocycles. The fraction of sp³-hybridized carbons (Fsp3) is 0.625. The molecule has 0 aliphatic heterocycles. The van der Waals surface area contributed by atoms with Crippen molar-refractivity contribution in [3.8, 4) is 0 Å². The smallest absolute Gasteiger partial charge is 0.162 e. The number of benzene rings is 1. The summed E-state index contributed by atoms with van der Waals surface area (Å²) in [5.74, 6) is -1.44. The van der Waals surface area contributed by atoms with Crippen molar-refractivity contribution in [3.05, 3.63) is 35.4 Å². The van der Waals surface area contributed by atoms with Crippen molar-refractivity contribution in [1.82, 2.24) is 5.32 Å². The minimum Gasteiger partial charge on any atom is -0.316 e. The summed E-state index contributed by atoms with van der Waals surface area (Å²) < 4.78 is 27.1. The highest BCUT2D eigenvalue weighted by molar-refractivity contribution is 5.20. The molecule has 0 heterocycles. The van der Waals surface area contributed by atoms with Crippen molar-refractivity contribution in [2.45, 2.75) is 46.5 Å². The van der Waals surface area contributed by atoms with Crippen LogP contribution in [0.25, 0.3) is 0 Å². The van der Waals surface area contributed by atoms with Crippen LogP contribution in [0.3, 0.4) is 0 Å². The molecule has 0 atom stereocenters. The summed E-state index contributed by atoms with van der Waals surface area (Å²) in [5.41, 5.74) is 0.492. The molecule has 0 aliphatic carbocycles. The standard InChI is InChI=1S/C16H25F2N/c1-4-10-19-12-16(5-2,6-3)11-13-8-7-9-14(17)15(13)18/h7-9,19H,4-6,10-12H2,1-3H3. The summed E-state index contributed by atoms with van der Waals surface area (Å²) in [7, 11) is 0. The Balaban J connectivity index is 2.85. The van der Waals surface area contributed by atoms with Gasteiger partial charge in [0.25, 0.3) is 0 Å². The first-order chi connectivity index (χ1) is 9.08. The Morgan fingerprint density at radius 2 is 1.79 bits per heavy atom. The van der Waals surface area contributed by atoms with Gasteiger partial charge in [-0.3, -0.25) is 0 Å². The highest BCUT2D eigenvalue weighted by Crippen LogP contribution is 2.31. The van der Waals surface area contributed by atoms with Crippen LogP contribution in [0.2, 0.25) is 0 Å². The van der Waals surface area contributed by atoms with Gasteiger partial charge in [0, 0.05) is 6.54 Å². The predicted octanol–water partition coefficient (Wildman–Crippen LogP) is 4.31. The van der Waals surface area contributed by atoms with E-state index in [1.807, 2.05) is 0 Å². The Labute approximate surface area is 115 Å². The lowest BCUT2D eigenvalue weighted by Gasteiger charge is -2.32. The third kappa shape index (κ3) is 4.27. The van der Waals surface area contributed by atoms with E-state index >= 15 is 0 Å². The van der Waals surface area contributed by atoms with Crippen LogP contribution in [0.4, 0.5) is 8.78 Å². The van der Waals surface area contributed by atoms with E-state index in [9.17, 15) is 8.78 Å². The highest BCUT2D eigenvalue weighted by Gasteiger charge is 2.27. The first kappa shape index (κ1) is 16.1. The van der Waals surface area contributed by atoms with Gasteiger partial charge in [0.1, 0.15) is 0 Å². The third-order valence-corrected chi connectivity index (χ3v) is 4.02. The Morgan fingerprint density at radius 3 is 2.37 bits per heavy atom. The molecule has 3 heteroatoms. The summed E-state index contributed by atoms with van der Waals surface area (Å²) in [6.07, 6.45) is 3.57. The number of rotatable bonds is 8. The number of hydrogen-bond acceptors (Lipinski definition) is 1. The molecule has 0 spiro atoms. The largest absolute Gasteiger partial charge is 0.316 e. The SMILES string of the molecule is CCCNCC(CC)(CC)Cc1cccc(F)c1F. The van der Waals surface area contributed by atoms with Gasteiger partial charge in [0.15, 0.2) is 11.6 Å². The molecule has 0 aliphatic rings. The maximum Gasteiger partial charge on any atom is 0.162 e. The molecule has 1 nitrogen and oxygen atoms in total. The van der Waals surface area contributed by atoms with Crippen molar-refractivity contribution in [1.29, 1.82) is 0 Å².